The van der Waals surface area contributed by atoms with Gasteiger partial charge >= 0.3 is 0 Å². The monoisotopic (exact) mass is 515 g/mol. The number of primary amides is 1. The van der Waals surface area contributed by atoms with Crippen molar-refractivity contribution in [3.63, 3.8) is 0 Å². The van der Waals surface area contributed by atoms with Crippen LogP contribution in [0, 0.1) is 23.7 Å². The molecule has 4 N–H and O–H groups in total. The number of hydrogen-bond acceptors (Lipinski definition) is 9. The zero-order valence-corrected chi connectivity index (χ0v) is 22.1. The molecule has 202 valence electrons. The zero-order valence-electron chi connectivity index (χ0n) is 22.1. The van der Waals surface area contributed by atoms with E-state index in [1.807, 2.05) is 32.0 Å². The highest BCUT2D eigenvalue weighted by molar-refractivity contribution is 6.24. The number of carbonyl (C=O) groups excluding carboxylic acids is 4. The summed E-state index contributed by atoms with van der Waals surface area (Å²) in [6, 6.07) is 2.62. The van der Waals surface area contributed by atoms with Gasteiger partial charge in [-0.2, -0.15) is 0 Å². The van der Waals surface area contributed by atoms with Gasteiger partial charge in [-0.3, -0.25) is 24.1 Å². The Hall–Kier alpha value is -2.82. The van der Waals surface area contributed by atoms with E-state index in [2.05, 4.69) is 0 Å². The molecular weight excluding hydrogens is 478 g/mol. The van der Waals surface area contributed by atoms with E-state index in [1.165, 1.54) is 4.90 Å². The maximum absolute atomic E-state index is 14.1. The second-order valence-corrected chi connectivity index (χ2v) is 11.0. The summed E-state index contributed by atoms with van der Waals surface area (Å²) in [7, 11) is 6.98. The Kier molecular flexibility index (Phi) is 7.22. The number of likely N-dealkylation sites (N-methyl/N-ethyl adjacent to an activating group) is 1. The molecule has 3 aliphatic rings. The number of unbranched alkanes of at least 4 members (excludes halogenated alkanes) is 1. The van der Waals surface area contributed by atoms with Crippen molar-refractivity contribution in [3.8, 4) is 5.75 Å². The van der Waals surface area contributed by atoms with Crippen LogP contribution in [-0.4, -0.2) is 90.9 Å². The average Bonchev–Trinajstić information content (AvgIpc) is 2.81. The second kappa shape index (κ2) is 9.81. The number of anilines is 1. The molecule has 7 atom stereocenters. The third-order valence-electron chi connectivity index (χ3n) is 8.38. The molecule has 0 saturated heterocycles. The molecule has 0 radical (unpaired) electrons. The van der Waals surface area contributed by atoms with Crippen molar-refractivity contribution in [3.05, 3.63) is 23.3 Å². The van der Waals surface area contributed by atoms with Gasteiger partial charge in [0.25, 0.3) is 0 Å². The van der Waals surface area contributed by atoms with E-state index < -0.39 is 64.7 Å². The average molecular weight is 516 g/mol. The fourth-order valence-corrected chi connectivity index (χ4v) is 6.67. The largest absolute Gasteiger partial charge is 0.493 e. The van der Waals surface area contributed by atoms with Gasteiger partial charge in [0, 0.05) is 25.7 Å². The number of nitrogens with two attached hydrogens (primary N) is 1. The number of benzene rings is 1. The molecule has 1 amide bonds. The summed E-state index contributed by atoms with van der Waals surface area (Å²) in [6.07, 6.45) is 0.447. The van der Waals surface area contributed by atoms with Gasteiger partial charge < -0.3 is 25.6 Å². The van der Waals surface area contributed by atoms with Crippen LogP contribution >= 0.6 is 0 Å². The van der Waals surface area contributed by atoms with Crippen LogP contribution < -0.4 is 15.4 Å². The first-order valence-corrected chi connectivity index (χ1v) is 12.8. The molecule has 1 aromatic carbocycles. The van der Waals surface area contributed by atoms with Crippen LogP contribution in [0.2, 0.25) is 0 Å². The van der Waals surface area contributed by atoms with E-state index >= 15 is 0 Å². The first-order chi connectivity index (χ1) is 17.4. The predicted octanol–water partition coefficient (Wildman–Crippen LogP) is 0.198. The first kappa shape index (κ1) is 27.2. The van der Waals surface area contributed by atoms with E-state index in [0.29, 0.717) is 24.3 Å². The highest BCUT2D eigenvalue weighted by Gasteiger charge is 2.69. The van der Waals surface area contributed by atoms with E-state index in [0.717, 1.165) is 24.1 Å². The van der Waals surface area contributed by atoms with Crippen molar-refractivity contribution in [2.45, 2.75) is 50.4 Å². The highest BCUT2D eigenvalue weighted by atomic mass is 16.5. The summed E-state index contributed by atoms with van der Waals surface area (Å²) in [5.74, 6) is -7.43. The minimum Gasteiger partial charge on any atom is -0.493 e. The number of hydrogen-bond donors (Lipinski definition) is 3. The summed E-state index contributed by atoms with van der Waals surface area (Å²) < 4.78 is 5.97. The Bertz CT molecular complexity index is 1130. The second-order valence-electron chi connectivity index (χ2n) is 11.0. The molecule has 1 aromatic rings. The quantitative estimate of drug-likeness (QED) is 0.342. The van der Waals surface area contributed by atoms with E-state index in [1.54, 1.807) is 20.2 Å². The molecule has 4 rings (SSSR count). The van der Waals surface area contributed by atoms with Crippen LogP contribution in [0.15, 0.2) is 12.1 Å². The number of aliphatic hydroxyl groups excluding tert-OH is 1. The number of carbonyl (C=O) groups is 4. The fourth-order valence-electron chi connectivity index (χ4n) is 6.67. The lowest BCUT2D eigenvalue weighted by atomic mass is 9.51. The minimum atomic E-state index is -2.47. The zero-order chi connectivity index (χ0) is 27.4. The number of amides is 1. The normalized spacial score (nSPS) is 33.0. The molecule has 0 aromatic heterocycles. The van der Waals surface area contributed by atoms with Crippen LogP contribution in [0.5, 0.6) is 5.75 Å². The third-order valence-corrected chi connectivity index (χ3v) is 8.38. The Labute approximate surface area is 216 Å². The van der Waals surface area contributed by atoms with Gasteiger partial charge in [0.05, 0.1) is 24.1 Å². The summed E-state index contributed by atoms with van der Waals surface area (Å²) in [4.78, 5) is 56.3. The topological polar surface area (TPSA) is 150 Å². The van der Waals surface area contributed by atoms with Crippen molar-refractivity contribution < 1.29 is 34.1 Å². The van der Waals surface area contributed by atoms with E-state index in [4.69, 9.17) is 10.5 Å². The smallest absolute Gasteiger partial charge is 0.235 e. The van der Waals surface area contributed by atoms with Crippen LogP contribution in [0.25, 0.3) is 0 Å². The van der Waals surface area contributed by atoms with Gasteiger partial charge in [-0.15, -0.1) is 0 Å². The SMILES string of the molecule is CCCCOc1ccc(N(C)C)c2c1C(=O)C1C(C2)CC2C(N(C)C)C(=O)C(C(N)=O)C(=O)C2(O)C1O. The number of ketones is 3. The highest BCUT2D eigenvalue weighted by Crippen LogP contribution is 2.53. The van der Waals surface area contributed by atoms with Crippen LogP contribution in [0.3, 0.4) is 0 Å². The molecule has 2 fully saturated rings. The molecule has 7 unspecified atom stereocenters. The van der Waals surface area contributed by atoms with Crippen molar-refractivity contribution in [2.75, 3.05) is 39.7 Å². The van der Waals surface area contributed by atoms with Crippen molar-refractivity contribution >= 4 is 28.9 Å². The number of fused-ring (bicyclic) bond motifs is 3. The number of Topliss-reactive ketones (excluding diaryl/α,β-unsaturated/α-hetero) is 3. The van der Waals surface area contributed by atoms with Gasteiger partial charge in [-0.1, -0.05) is 13.3 Å². The van der Waals surface area contributed by atoms with Gasteiger partial charge in [0.2, 0.25) is 5.91 Å². The minimum absolute atomic E-state index is 0.142. The lowest BCUT2D eigenvalue weighted by Gasteiger charge is -2.56. The summed E-state index contributed by atoms with van der Waals surface area (Å²) >= 11 is 0. The Balaban J connectivity index is 1.84. The van der Waals surface area contributed by atoms with Crippen molar-refractivity contribution in [1.29, 1.82) is 0 Å². The lowest BCUT2D eigenvalue weighted by molar-refractivity contribution is -0.203. The summed E-state index contributed by atoms with van der Waals surface area (Å²) in [5, 5.41) is 23.4. The molecule has 10 heteroatoms. The van der Waals surface area contributed by atoms with Crippen LogP contribution in [-0.2, 0) is 20.8 Å². The predicted molar refractivity (Wildman–Crippen MR) is 135 cm³/mol. The molecular formula is C27H37N3O7. The molecule has 10 nitrogen and oxygen atoms in total. The molecule has 37 heavy (non-hydrogen) atoms. The molecule has 0 spiro atoms. The Morgan fingerprint density at radius 2 is 1.86 bits per heavy atom. The number of ether oxygens (including phenoxy) is 1. The summed E-state index contributed by atoms with van der Waals surface area (Å²) in [5.41, 5.74) is 4.90. The van der Waals surface area contributed by atoms with Crippen LogP contribution in [0.4, 0.5) is 5.69 Å². The Morgan fingerprint density at radius 1 is 1.19 bits per heavy atom. The van der Waals surface area contributed by atoms with Gasteiger partial charge in [-0.25, -0.2) is 0 Å². The van der Waals surface area contributed by atoms with E-state index in [9.17, 15) is 29.4 Å². The molecule has 0 bridgehead atoms. The van der Waals surface area contributed by atoms with Gasteiger partial charge in [-0.05, 0) is 57.0 Å². The fraction of sp³-hybridized carbons (Fsp3) is 0.630. The number of aliphatic hydroxyl groups is 2. The standard InChI is InChI=1S/C27H37N3O7/c1-6-7-10-37-17-9-8-16(29(2)3)14-11-13-12-15-21(30(4)5)23(32)20(26(28)35)25(34)27(15,36)24(33)18(13)22(31)19(14)17/h8-9,13,15,18,20-21,24,33,36H,6-7,10-12H2,1-5H3,(H2,28,35). The summed E-state index contributed by atoms with van der Waals surface area (Å²) in [6.45, 7) is 2.46. The maximum atomic E-state index is 14.1. The number of nitrogens with zero attached hydrogens (tertiary/aromatic N) is 2. The Morgan fingerprint density at radius 3 is 2.43 bits per heavy atom. The third kappa shape index (κ3) is 4.06. The first-order valence-electron chi connectivity index (χ1n) is 12.8. The molecule has 3 aliphatic carbocycles. The van der Waals surface area contributed by atoms with Crippen molar-refractivity contribution in [2.24, 2.45) is 29.4 Å². The number of rotatable bonds is 7. The van der Waals surface area contributed by atoms with E-state index in [-0.39, 0.29) is 6.42 Å². The van der Waals surface area contributed by atoms with Crippen molar-refractivity contribution in [1.82, 2.24) is 4.90 Å². The maximum Gasteiger partial charge on any atom is 0.235 e. The lowest BCUT2D eigenvalue weighted by Crippen LogP contribution is -2.75. The van der Waals surface area contributed by atoms with Crippen LogP contribution in [0.1, 0.15) is 42.1 Å². The van der Waals surface area contributed by atoms with Gasteiger partial charge in [0.15, 0.2) is 28.9 Å². The molecule has 2 saturated carbocycles. The molecule has 0 aliphatic heterocycles. The van der Waals surface area contributed by atoms with Gasteiger partial charge in [0.1, 0.15) is 11.9 Å². The molecule has 0 heterocycles.